The van der Waals surface area contributed by atoms with Crippen LogP contribution in [0.2, 0.25) is 0 Å². The van der Waals surface area contributed by atoms with Gasteiger partial charge in [-0.25, -0.2) is 0 Å². The molecule has 19 heteroatoms. The lowest BCUT2D eigenvalue weighted by Gasteiger charge is -2.45. The highest BCUT2D eigenvalue weighted by Crippen LogP contribution is 2.39. The Labute approximate surface area is 303 Å². The highest BCUT2D eigenvalue weighted by molar-refractivity contribution is 5.70. The molecule has 2 aliphatic heterocycles. The van der Waals surface area contributed by atoms with Gasteiger partial charge in [0.05, 0.1) is 0 Å². The van der Waals surface area contributed by atoms with Crippen LogP contribution in [0.15, 0.2) is 24.3 Å². The van der Waals surface area contributed by atoms with Gasteiger partial charge in [0.2, 0.25) is 12.4 Å². The van der Waals surface area contributed by atoms with Crippen molar-refractivity contribution >= 4 is 47.8 Å². The van der Waals surface area contributed by atoms with E-state index in [0.717, 1.165) is 55.4 Å². The maximum absolute atomic E-state index is 12.3. The molecule has 0 amide bonds. The van der Waals surface area contributed by atoms with Crippen LogP contribution < -0.4 is 4.74 Å². The first-order chi connectivity index (χ1) is 24.9. The van der Waals surface area contributed by atoms with Gasteiger partial charge in [0.1, 0.15) is 37.3 Å². The lowest BCUT2D eigenvalue weighted by molar-refractivity contribution is -0.288. The summed E-state index contributed by atoms with van der Waals surface area (Å²) in [5.41, 5.74) is 0.227. The predicted molar refractivity (Wildman–Crippen MR) is 170 cm³/mol. The van der Waals surface area contributed by atoms with Gasteiger partial charge < -0.3 is 52.1 Å². The second kappa shape index (κ2) is 19.0. The maximum atomic E-state index is 12.3. The maximum Gasteiger partial charge on any atom is 0.303 e. The number of carbonyl (C=O) groups excluding carboxylic acids is 8. The molecular weight excluding hydrogens is 712 g/mol. The summed E-state index contributed by atoms with van der Waals surface area (Å²) in [4.78, 5) is 96.7. The SMILES string of the molecule is CC(=O)OC[C@H]1O[C@H](Oc2cccc([C@H]3O[C@H](COC(C)=O)[C@@H](OC(C)=O)[C@H](OC(C)=O)[C@@H]3OC(C)=O)c2)[C@@H](OC(C)=O)[C@@H](OC(C)=O)[C@@H]1OC(C)=O. The first kappa shape index (κ1) is 42.1. The fourth-order valence-corrected chi connectivity index (χ4v) is 5.68. The first-order valence-corrected chi connectivity index (χ1v) is 16.2. The quantitative estimate of drug-likeness (QED) is 0.201. The lowest BCUT2D eigenvalue weighted by Crippen LogP contribution is -2.63. The largest absolute Gasteiger partial charge is 0.463 e. The van der Waals surface area contributed by atoms with Crippen molar-refractivity contribution in [2.75, 3.05) is 13.2 Å². The van der Waals surface area contributed by atoms with Crippen molar-refractivity contribution in [2.24, 2.45) is 0 Å². The van der Waals surface area contributed by atoms with E-state index in [-0.39, 0.29) is 11.3 Å². The fraction of sp³-hybridized carbons (Fsp3) is 0.588. The number of esters is 8. The van der Waals surface area contributed by atoms with E-state index < -0.39 is 122 Å². The normalized spacial score (nSPS) is 27.8. The van der Waals surface area contributed by atoms with E-state index in [0.29, 0.717) is 0 Å². The monoisotopic (exact) mass is 754 g/mol. The third-order valence-corrected chi connectivity index (χ3v) is 7.38. The van der Waals surface area contributed by atoms with Gasteiger partial charge in [-0.15, -0.1) is 0 Å². The second-order valence-corrected chi connectivity index (χ2v) is 11.9. The lowest BCUT2D eigenvalue weighted by atomic mass is 9.90. The highest BCUT2D eigenvalue weighted by atomic mass is 16.7. The van der Waals surface area contributed by atoms with E-state index in [1.54, 1.807) is 0 Å². The Morgan fingerprint density at radius 1 is 0.491 bits per heavy atom. The average Bonchev–Trinajstić information content (AvgIpc) is 3.02. The van der Waals surface area contributed by atoms with Crippen molar-refractivity contribution in [1.82, 2.24) is 0 Å². The van der Waals surface area contributed by atoms with Gasteiger partial charge in [0.15, 0.2) is 30.5 Å². The molecule has 1 aromatic rings. The minimum atomic E-state index is -1.60. The Hall–Kier alpha value is -5.30. The molecule has 2 fully saturated rings. The summed E-state index contributed by atoms with van der Waals surface area (Å²) in [6.45, 7) is 7.80. The first-order valence-electron chi connectivity index (χ1n) is 16.2. The Kier molecular flexibility index (Phi) is 15.1. The molecule has 0 aromatic heterocycles. The summed E-state index contributed by atoms with van der Waals surface area (Å²) >= 11 is 0. The molecule has 19 nitrogen and oxygen atoms in total. The van der Waals surface area contributed by atoms with Crippen LogP contribution in [0.1, 0.15) is 67.1 Å². The molecular formula is C34H42O19. The zero-order chi connectivity index (χ0) is 39.6. The van der Waals surface area contributed by atoms with Crippen molar-refractivity contribution in [1.29, 1.82) is 0 Å². The van der Waals surface area contributed by atoms with E-state index in [4.69, 9.17) is 52.1 Å². The van der Waals surface area contributed by atoms with Crippen LogP contribution in [-0.2, 0) is 85.7 Å². The molecule has 2 heterocycles. The van der Waals surface area contributed by atoms with Crippen LogP contribution in [0.3, 0.4) is 0 Å². The minimum Gasteiger partial charge on any atom is -0.463 e. The minimum absolute atomic E-state index is 0.00347. The smallest absolute Gasteiger partial charge is 0.303 e. The van der Waals surface area contributed by atoms with Crippen LogP contribution in [0, 0.1) is 0 Å². The highest BCUT2D eigenvalue weighted by Gasteiger charge is 2.54. The van der Waals surface area contributed by atoms with E-state index >= 15 is 0 Å². The third-order valence-electron chi connectivity index (χ3n) is 7.38. The van der Waals surface area contributed by atoms with Crippen molar-refractivity contribution in [2.45, 2.75) is 117 Å². The van der Waals surface area contributed by atoms with Crippen molar-refractivity contribution < 1.29 is 90.5 Å². The molecule has 0 unspecified atom stereocenters. The number of benzene rings is 1. The van der Waals surface area contributed by atoms with Crippen LogP contribution in [0.4, 0.5) is 0 Å². The van der Waals surface area contributed by atoms with Crippen molar-refractivity contribution in [3.63, 3.8) is 0 Å². The second-order valence-electron chi connectivity index (χ2n) is 11.9. The van der Waals surface area contributed by atoms with Gasteiger partial charge in [-0.1, -0.05) is 12.1 Å². The topological polar surface area (TPSA) is 238 Å². The summed E-state index contributed by atoms with van der Waals surface area (Å²) in [7, 11) is 0. The van der Waals surface area contributed by atoms with E-state index in [9.17, 15) is 38.4 Å². The zero-order valence-corrected chi connectivity index (χ0v) is 30.3. The summed E-state index contributed by atoms with van der Waals surface area (Å²) in [6.07, 6.45) is -14.2. The molecule has 0 spiro atoms. The Morgan fingerprint density at radius 3 is 1.34 bits per heavy atom. The zero-order valence-electron chi connectivity index (χ0n) is 30.3. The third kappa shape index (κ3) is 12.4. The molecule has 10 atom stereocenters. The molecule has 0 N–H and O–H groups in total. The molecule has 1 aromatic carbocycles. The molecule has 3 rings (SSSR count). The Bertz CT molecular complexity index is 1540. The number of ether oxygens (including phenoxy) is 11. The predicted octanol–water partition coefficient (Wildman–Crippen LogP) is 0.947. The number of hydrogen-bond acceptors (Lipinski definition) is 19. The summed E-state index contributed by atoms with van der Waals surface area (Å²) in [5.74, 6) is -6.36. The molecule has 2 saturated heterocycles. The number of carbonyl (C=O) groups is 8. The molecule has 0 saturated carbocycles. The van der Waals surface area contributed by atoms with E-state index in [1.807, 2.05) is 0 Å². The van der Waals surface area contributed by atoms with Crippen molar-refractivity contribution in [3.05, 3.63) is 29.8 Å². The molecule has 0 bridgehead atoms. The van der Waals surface area contributed by atoms with Gasteiger partial charge in [0, 0.05) is 55.4 Å². The Morgan fingerprint density at radius 2 is 0.887 bits per heavy atom. The van der Waals surface area contributed by atoms with Crippen LogP contribution in [0.25, 0.3) is 0 Å². The summed E-state index contributed by atoms with van der Waals surface area (Å²) < 4.78 is 61.4. The standard InChI is InChI=1S/C34H42O19/c1-15(35)43-13-25-28(45-17(3)37)31(48-20(6)40)30(47-19(5)39)27(52-25)23-10-9-11-24(12-23)51-34-33(50-22(8)42)32(49-21(7)41)29(46-18(4)38)26(53-34)14-44-16(2)36/h9-12,25-34H,13-14H2,1-8H3/t25-,26-,27-,28-,29-,30-,31+,32+,33+,34+/m1/s1. The van der Waals surface area contributed by atoms with Gasteiger partial charge in [-0.2, -0.15) is 0 Å². The van der Waals surface area contributed by atoms with E-state index in [1.165, 1.54) is 24.3 Å². The van der Waals surface area contributed by atoms with Crippen LogP contribution >= 0.6 is 0 Å². The average molecular weight is 755 g/mol. The number of rotatable bonds is 13. The van der Waals surface area contributed by atoms with Gasteiger partial charge in [-0.05, 0) is 17.7 Å². The summed E-state index contributed by atoms with van der Waals surface area (Å²) in [5, 5.41) is 0. The molecule has 0 aliphatic carbocycles. The fourth-order valence-electron chi connectivity index (χ4n) is 5.68. The van der Waals surface area contributed by atoms with Gasteiger partial charge in [-0.3, -0.25) is 38.4 Å². The summed E-state index contributed by atoms with van der Waals surface area (Å²) in [6, 6.07) is 5.86. The Balaban J connectivity index is 2.11. The molecule has 2 aliphatic rings. The molecule has 292 valence electrons. The van der Waals surface area contributed by atoms with Crippen molar-refractivity contribution in [3.8, 4) is 5.75 Å². The number of hydrogen-bond donors (Lipinski definition) is 0. The van der Waals surface area contributed by atoms with Gasteiger partial charge in [0.25, 0.3) is 0 Å². The van der Waals surface area contributed by atoms with E-state index in [2.05, 4.69) is 0 Å². The van der Waals surface area contributed by atoms with Crippen LogP contribution in [-0.4, -0.2) is 116 Å². The van der Waals surface area contributed by atoms with Gasteiger partial charge >= 0.3 is 47.8 Å². The molecule has 53 heavy (non-hydrogen) atoms. The molecule has 0 radical (unpaired) electrons. The van der Waals surface area contributed by atoms with Crippen LogP contribution in [0.5, 0.6) is 5.75 Å².